The van der Waals surface area contributed by atoms with Gasteiger partial charge >= 0.3 is 5.97 Å². The first-order valence-electron chi connectivity index (χ1n) is 6.43. The molecule has 0 fully saturated rings. The van der Waals surface area contributed by atoms with Crippen LogP contribution in [0.2, 0.25) is 0 Å². The second kappa shape index (κ2) is 6.65. The summed E-state index contributed by atoms with van der Waals surface area (Å²) in [7, 11) is -2.69. The van der Waals surface area contributed by atoms with E-state index >= 15 is 0 Å². The molecule has 0 radical (unpaired) electrons. The third-order valence-corrected chi connectivity index (χ3v) is 5.72. The highest BCUT2D eigenvalue weighted by Crippen LogP contribution is 2.28. The quantitative estimate of drug-likeness (QED) is 0.827. The van der Waals surface area contributed by atoms with E-state index in [1.165, 1.54) is 37.6 Å². The topological polar surface area (TPSA) is 92.7 Å². The van der Waals surface area contributed by atoms with Crippen LogP contribution in [-0.4, -0.2) is 26.6 Å². The number of halogens is 1. The molecule has 0 aliphatic carbocycles. The van der Waals surface area contributed by atoms with Crippen LogP contribution in [0, 0.1) is 5.82 Å². The first kappa shape index (κ1) is 17.4. The molecule has 1 heterocycles. The number of carbonyl (C=O) groups is 1. The number of benzene rings is 1. The van der Waals surface area contributed by atoms with Crippen molar-refractivity contribution < 1.29 is 27.4 Å². The third-order valence-electron chi connectivity index (χ3n) is 3.10. The van der Waals surface area contributed by atoms with Crippen LogP contribution in [0.3, 0.4) is 0 Å². The molecule has 1 aromatic heterocycles. The minimum atomic E-state index is -4.08. The maximum Gasteiger partial charge on any atom is 0.347 e. The van der Waals surface area contributed by atoms with Crippen molar-refractivity contribution in [3.63, 3.8) is 0 Å². The summed E-state index contributed by atoms with van der Waals surface area (Å²) in [5, 5.41) is 10.4. The molecule has 1 atom stereocenters. The molecule has 0 amide bonds. The van der Waals surface area contributed by atoms with Gasteiger partial charge in [-0.05, 0) is 36.6 Å². The lowest BCUT2D eigenvalue weighted by molar-refractivity contribution is 0.0698. The van der Waals surface area contributed by atoms with Crippen LogP contribution in [-0.2, 0) is 10.0 Å². The molecule has 124 valence electrons. The van der Waals surface area contributed by atoms with Crippen LogP contribution in [0.25, 0.3) is 0 Å². The summed E-state index contributed by atoms with van der Waals surface area (Å²) in [6, 6.07) is 4.16. The largest absolute Gasteiger partial charge is 0.496 e. The summed E-state index contributed by atoms with van der Waals surface area (Å²) in [6.07, 6.45) is 0. The van der Waals surface area contributed by atoms with E-state index in [4.69, 9.17) is 9.84 Å². The summed E-state index contributed by atoms with van der Waals surface area (Å²) < 4.78 is 45.6. The zero-order valence-corrected chi connectivity index (χ0v) is 13.9. The molecule has 2 aromatic rings. The average molecular weight is 359 g/mol. The molecule has 0 saturated carbocycles. The van der Waals surface area contributed by atoms with Gasteiger partial charge in [-0.3, -0.25) is 0 Å². The van der Waals surface area contributed by atoms with Gasteiger partial charge in [0.05, 0.1) is 7.11 Å². The monoisotopic (exact) mass is 359 g/mol. The fourth-order valence-electron chi connectivity index (χ4n) is 2.07. The highest BCUT2D eigenvalue weighted by Gasteiger charge is 2.26. The van der Waals surface area contributed by atoms with Gasteiger partial charge in [0.2, 0.25) is 10.0 Å². The van der Waals surface area contributed by atoms with E-state index in [1.54, 1.807) is 0 Å². The molecule has 6 nitrogen and oxygen atoms in total. The number of ether oxygens (including phenoxy) is 1. The summed E-state index contributed by atoms with van der Waals surface area (Å²) in [6.45, 7) is 1.52. The molecule has 0 bridgehead atoms. The number of methoxy groups -OCH3 is 1. The van der Waals surface area contributed by atoms with Gasteiger partial charge in [0.15, 0.2) is 0 Å². The van der Waals surface area contributed by atoms with Gasteiger partial charge in [0.1, 0.15) is 21.3 Å². The van der Waals surface area contributed by atoms with Gasteiger partial charge in [0, 0.05) is 11.6 Å². The van der Waals surface area contributed by atoms with E-state index in [0.717, 1.165) is 17.4 Å². The minimum Gasteiger partial charge on any atom is -0.496 e. The van der Waals surface area contributed by atoms with E-state index in [0.29, 0.717) is 11.3 Å². The number of nitrogens with one attached hydrogen (secondary N) is 1. The van der Waals surface area contributed by atoms with Crippen LogP contribution in [0.4, 0.5) is 4.39 Å². The second-order valence-electron chi connectivity index (χ2n) is 4.65. The van der Waals surface area contributed by atoms with Crippen molar-refractivity contribution in [2.45, 2.75) is 17.9 Å². The van der Waals surface area contributed by atoms with Crippen molar-refractivity contribution in [2.75, 3.05) is 7.11 Å². The lowest BCUT2D eigenvalue weighted by atomic mass is 10.1. The highest BCUT2D eigenvalue weighted by atomic mass is 32.2. The van der Waals surface area contributed by atoms with Crippen LogP contribution in [0.5, 0.6) is 5.75 Å². The van der Waals surface area contributed by atoms with E-state index < -0.39 is 27.9 Å². The van der Waals surface area contributed by atoms with Crippen molar-refractivity contribution in [3.05, 3.63) is 45.9 Å². The zero-order chi connectivity index (χ0) is 17.2. The Morgan fingerprint density at radius 3 is 2.70 bits per heavy atom. The molecular formula is C14H14FNO5S2. The smallest absolute Gasteiger partial charge is 0.347 e. The van der Waals surface area contributed by atoms with Crippen LogP contribution in [0.1, 0.15) is 28.2 Å². The summed E-state index contributed by atoms with van der Waals surface area (Å²) >= 11 is 0.814. The van der Waals surface area contributed by atoms with Crippen molar-refractivity contribution in [3.8, 4) is 5.75 Å². The summed E-state index contributed by atoms with van der Waals surface area (Å²) in [4.78, 5) is 10.5. The predicted molar refractivity (Wildman–Crippen MR) is 83.0 cm³/mol. The lowest BCUT2D eigenvalue weighted by Crippen LogP contribution is -2.28. The fraction of sp³-hybridized carbons (Fsp3) is 0.214. The first-order chi connectivity index (χ1) is 10.8. The molecule has 0 saturated heterocycles. The summed E-state index contributed by atoms with van der Waals surface area (Å²) in [5.41, 5.74) is 0.308. The maximum absolute atomic E-state index is 13.4. The van der Waals surface area contributed by atoms with E-state index in [9.17, 15) is 17.6 Å². The Hall–Kier alpha value is -1.97. The van der Waals surface area contributed by atoms with Gasteiger partial charge in [-0.25, -0.2) is 22.3 Å². The number of carboxylic acids is 1. The summed E-state index contributed by atoms with van der Waals surface area (Å²) in [5.74, 6) is -1.53. The molecule has 0 aliphatic rings. The molecular weight excluding hydrogens is 345 g/mol. The van der Waals surface area contributed by atoms with Crippen LogP contribution >= 0.6 is 11.3 Å². The van der Waals surface area contributed by atoms with E-state index in [-0.39, 0.29) is 9.77 Å². The Morgan fingerprint density at radius 1 is 1.39 bits per heavy atom. The predicted octanol–water partition coefficient (Wildman–Crippen LogP) is 2.63. The Morgan fingerprint density at radius 2 is 2.09 bits per heavy atom. The third kappa shape index (κ3) is 3.69. The van der Waals surface area contributed by atoms with E-state index in [1.807, 2.05) is 0 Å². The molecule has 9 heteroatoms. The van der Waals surface area contributed by atoms with Gasteiger partial charge in [0.25, 0.3) is 0 Å². The van der Waals surface area contributed by atoms with Gasteiger partial charge in [-0.15, -0.1) is 11.3 Å². The molecule has 0 spiro atoms. The normalized spacial score (nSPS) is 12.8. The fourth-order valence-corrected chi connectivity index (χ4v) is 4.55. The van der Waals surface area contributed by atoms with Crippen molar-refractivity contribution in [1.29, 1.82) is 0 Å². The standard InChI is InChI=1S/C14H14FNO5S2/c1-8(10-7-9(15)3-4-11(10)21-2)16-23(19,20)12-5-6-22-13(12)14(17)18/h3-8,16H,1-2H3,(H,17,18). The molecule has 2 rings (SSSR count). The maximum atomic E-state index is 13.4. The number of aromatic carboxylic acids is 1. The Balaban J connectivity index is 2.36. The zero-order valence-electron chi connectivity index (χ0n) is 12.2. The Bertz CT molecular complexity index is 831. The molecule has 2 N–H and O–H groups in total. The van der Waals surface area contributed by atoms with Gasteiger partial charge in [-0.2, -0.15) is 0 Å². The van der Waals surface area contributed by atoms with E-state index in [2.05, 4.69) is 4.72 Å². The van der Waals surface area contributed by atoms with Crippen molar-refractivity contribution in [2.24, 2.45) is 0 Å². The van der Waals surface area contributed by atoms with Crippen LogP contribution < -0.4 is 9.46 Å². The van der Waals surface area contributed by atoms with Gasteiger partial charge in [-0.1, -0.05) is 0 Å². The van der Waals surface area contributed by atoms with Crippen molar-refractivity contribution in [1.82, 2.24) is 4.72 Å². The number of hydrogen-bond acceptors (Lipinski definition) is 5. The first-order valence-corrected chi connectivity index (χ1v) is 8.79. The number of sulfonamides is 1. The number of thiophene rings is 1. The molecule has 23 heavy (non-hydrogen) atoms. The lowest BCUT2D eigenvalue weighted by Gasteiger charge is -2.17. The SMILES string of the molecule is COc1ccc(F)cc1C(C)NS(=O)(=O)c1ccsc1C(=O)O. The number of hydrogen-bond donors (Lipinski definition) is 2. The van der Waals surface area contributed by atoms with Gasteiger partial charge < -0.3 is 9.84 Å². The minimum absolute atomic E-state index is 0.282. The number of carboxylic acid groups (broad SMARTS) is 1. The Kier molecular flexibility index (Phi) is 5.03. The van der Waals surface area contributed by atoms with Crippen LogP contribution in [0.15, 0.2) is 34.5 Å². The molecule has 1 aromatic carbocycles. The average Bonchev–Trinajstić information content (AvgIpc) is 2.97. The molecule has 1 unspecified atom stereocenters. The highest BCUT2D eigenvalue weighted by molar-refractivity contribution is 7.89. The number of rotatable bonds is 6. The van der Waals surface area contributed by atoms with Crippen molar-refractivity contribution >= 4 is 27.3 Å². The second-order valence-corrected chi connectivity index (χ2v) is 7.25. The molecule has 0 aliphatic heterocycles. The Labute approximate surface area is 136 Å².